The third kappa shape index (κ3) is 6.93. The zero-order valence-electron chi connectivity index (χ0n) is 8.27. The molecule has 2 heteroatoms. The van der Waals surface area contributed by atoms with Crippen LogP contribution in [-0.2, 0) is 0 Å². The first-order valence-electron chi connectivity index (χ1n) is 4.91. The Kier molecular flexibility index (Phi) is 6.87. The van der Waals surface area contributed by atoms with Crippen molar-refractivity contribution in [3.8, 4) is 0 Å². The van der Waals surface area contributed by atoms with Crippen molar-refractivity contribution < 1.29 is 5.11 Å². The summed E-state index contributed by atoms with van der Waals surface area (Å²) in [7, 11) is 0. The summed E-state index contributed by atoms with van der Waals surface area (Å²) in [5, 5.41) is 9.81. The topological polar surface area (TPSA) is 20.2 Å². The molecule has 0 aromatic carbocycles. The molecule has 0 saturated carbocycles. The maximum atomic E-state index is 9.81. The van der Waals surface area contributed by atoms with Gasteiger partial charge >= 0.3 is 0 Å². The van der Waals surface area contributed by atoms with Crippen molar-refractivity contribution in [1.29, 1.82) is 0 Å². The molecule has 1 atom stereocenters. The van der Waals surface area contributed by atoms with Crippen LogP contribution < -0.4 is 0 Å². The Morgan fingerprint density at radius 1 is 1.17 bits per heavy atom. The van der Waals surface area contributed by atoms with Gasteiger partial charge in [0.1, 0.15) is 0 Å². The quantitative estimate of drug-likeness (QED) is 0.485. The van der Waals surface area contributed by atoms with E-state index in [1.54, 1.807) is 0 Å². The lowest BCUT2D eigenvalue weighted by atomic mass is 9.94. The van der Waals surface area contributed by atoms with Gasteiger partial charge < -0.3 is 5.11 Å². The first-order valence-corrected chi connectivity index (χ1v) is 5.44. The lowest BCUT2D eigenvalue weighted by Crippen LogP contribution is -2.23. The summed E-state index contributed by atoms with van der Waals surface area (Å²) < 4.78 is 0. The second kappa shape index (κ2) is 6.73. The van der Waals surface area contributed by atoms with Gasteiger partial charge in [0.05, 0.1) is 5.60 Å². The highest BCUT2D eigenvalue weighted by molar-refractivity contribution is 6.17. The van der Waals surface area contributed by atoms with Crippen molar-refractivity contribution in [1.82, 2.24) is 0 Å². The summed E-state index contributed by atoms with van der Waals surface area (Å²) in [6, 6.07) is 0. The molecule has 0 aliphatic heterocycles. The maximum Gasteiger partial charge on any atom is 0.0620 e. The largest absolute Gasteiger partial charge is 0.390 e. The smallest absolute Gasteiger partial charge is 0.0620 e. The number of hydrogen-bond acceptors (Lipinski definition) is 1. The molecular formula is C10H21ClO. The summed E-state index contributed by atoms with van der Waals surface area (Å²) in [6.45, 7) is 4.09. The van der Waals surface area contributed by atoms with E-state index < -0.39 is 5.60 Å². The van der Waals surface area contributed by atoms with E-state index in [1.807, 2.05) is 6.92 Å². The summed E-state index contributed by atoms with van der Waals surface area (Å²) in [5.74, 6) is 0.657. The van der Waals surface area contributed by atoms with E-state index in [2.05, 4.69) is 6.92 Å². The second-order valence-corrected chi connectivity index (χ2v) is 4.12. The molecule has 1 unspecified atom stereocenters. The maximum absolute atomic E-state index is 9.81. The fraction of sp³-hybridized carbons (Fsp3) is 1.00. The van der Waals surface area contributed by atoms with Gasteiger partial charge in [0.15, 0.2) is 0 Å². The molecule has 0 aliphatic carbocycles. The predicted molar refractivity (Wildman–Crippen MR) is 54.7 cm³/mol. The van der Waals surface area contributed by atoms with Crippen molar-refractivity contribution in [2.24, 2.45) is 0 Å². The van der Waals surface area contributed by atoms with E-state index in [4.69, 9.17) is 11.6 Å². The standard InChI is InChI=1S/C10H21ClO/c1-3-4-5-7-10(2,12)8-6-9-11/h12H,3-9H2,1-2H3. The van der Waals surface area contributed by atoms with Gasteiger partial charge in [0, 0.05) is 5.88 Å². The van der Waals surface area contributed by atoms with Gasteiger partial charge in [-0.25, -0.2) is 0 Å². The van der Waals surface area contributed by atoms with Crippen LogP contribution in [0.5, 0.6) is 0 Å². The highest BCUT2D eigenvalue weighted by Crippen LogP contribution is 2.20. The SMILES string of the molecule is CCCCCC(C)(O)CCCCl. The Bertz CT molecular complexity index is 102. The molecule has 0 radical (unpaired) electrons. The molecule has 0 aliphatic rings. The Labute approximate surface area is 81.1 Å². The summed E-state index contributed by atoms with van der Waals surface area (Å²) in [6.07, 6.45) is 6.23. The van der Waals surface area contributed by atoms with E-state index in [0.29, 0.717) is 5.88 Å². The molecule has 12 heavy (non-hydrogen) atoms. The normalized spacial score (nSPS) is 16.0. The second-order valence-electron chi connectivity index (χ2n) is 3.75. The fourth-order valence-electron chi connectivity index (χ4n) is 1.33. The average Bonchev–Trinajstić information content (AvgIpc) is 2.01. The molecule has 0 amide bonds. The van der Waals surface area contributed by atoms with Gasteiger partial charge in [0.2, 0.25) is 0 Å². The van der Waals surface area contributed by atoms with Gasteiger partial charge in [-0.3, -0.25) is 0 Å². The minimum atomic E-state index is -0.482. The third-order valence-corrected chi connectivity index (χ3v) is 2.44. The molecule has 0 aromatic heterocycles. The molecule has 0 bridgehead atoms. The number of hydrogen-bond donors (Lipinski definition) is 1. The van der Waals surface area contributed by atoms with Gasteiger partial charge in [0.25, 0.3) is 0 Å². The van der Waals surface area contributed by atoms with Crippen LogP contribution in [0.2, 0.25) is 0 Å². The van der Waals surface area contributed by atoms with Crippen LogP contribution in [0.3, 0.4) is 0 Å². The van der Waals surface area contributed by atoms with Crippen LogP contribution in [0.4, 0.5) is 0 Å². The van der Waals surface area contributed by atoms with Crippen molar-refractivity contribution in [3.63, 3.8) is 0 Å². The van der Waals surface area contributed by atoms with E-state index in [1.165, 1.54) is 12.8 Å². The fourth-order valence-corrected chi connectivity index (χ4v) is 1.46. The van der Waals surface area contributed by atoms with Crippen LogP contribution >= 0.6 is 11.6 Å². The van der Waals surface area contributed by atoms with Crippen molar-refractivity contribution in [2.75, 3.05) is 5.88 Å². The number of rotatable bonds is 7. The zero-order valence-corrected chi connectivity index (χ0v) is 9.03. The molecule has 0 heterocycles. The van der Waals surface area contributed by atoms with Crippen molar-refractivity contribution >= 4 is 11.6 Å². The number of halogens is 1. The minimum Gasteiger partial charge on any atom is -0.390 e. The minimum absolute atomic E-state index is 0.482. The molecule has 0 rings (SSSR count). The first kappa shape index (κ1) is 12.2. The Balaban J connectivity index is 3.42. The van der Waals surface area contributed by atoms with E-state index in [0.717, 1.165) is 25.7 Å². The van der Waals surface area contributed by atoms with Gasteiger partial charge in [-0.15, -0.1) is 11.6 Å². The Morgan fingerprint density at radius 3 is 2.25 bits per heavy atom. The summed E-state index contributed by atoms with van der Waals surface area (Å²) >= 11 is 5.56. The number of alkyl halides is 1. The van der Waals surface area contributed by atoms with Gasteiger partial charge in [-0.05, 0) is 26.2 Å². The van der Waals surface area contributed by atoms with E-state index in [9.17, 15) is 5.11 Å². The van der Waals surface area contributed by atoms with Gasteiger partial charge in [-0.1, -0.05) is 26.2 Å². The van der Waals surface area contributed by atoms with E-state index in [-0.39, 0.29) is 0 Å². The van der Waals surface area contributed by atoms with Gasteiger partial charge in [-0.2, -0.15) is 0 Å². The molecule has 1 nitrogen and oxygen atoms in total. The van der Waals surface area contributed by atoms with Crippen LogP contribution in [0, 0.1) is 0 Å². The highest BCUT2D eigenvalue weighted by atomic mass is 35.5. The predicted octanol–water partition coefficient (Wildman–Crippen LogP) is 3.34. The molecule has 0 spiro atoms. The molecule has 0 fully saturated rings. The van der Waals surface area contributed by atoms with Crippen molar-refractivity contribution in [2.45, 2.75) is 58.0 Å². The van der Waals surface area contributed by atoms with Crippen LogP contribution in [-0.4, -0.2) is 16.6 Å². The zero-order chi connectivity index (χ0) is 9.45. The Morgan fingerprint density at radius 2 is 1.75 bits per heavy atom. The lowest BCUT2D eigenvalue weighted by molar-refractivity contribution is 0.0389. The van der Waals surface area contributed by atoms with Crippen LogP contribution in [0.1, 0.15) is 52.4 Å². The third-order valence-electron chi connectivity index (χ3n) is 2.17. The molecule has 1 N–H and O–H groups in total. The molecule has 74 valence electrons. The number of unbranched alkanes of at least 4 members (excludes halogenated alkanes) is 2. The molecular weight excluding hydrogens is 172 g/mol. The number of aliphatic hydroxyl groups is 1. The average molecular weight is 193 g/mol. The first-order chi connectivity index (χ1) is 5.62. The van der Waals surface area contributed by atoms with Crippen molar-refractivity contribution in [3.05, 3.63) is 0 Å². The van der Waals surface area contributed by atoms with Crippen LogP contribution in [0.25, 0.3) is 0 Å². The monoisotopic (exact) mass is 192 g/mol. The van der Waals surface area contributed by atoms with Crippen LogP contribution in [0.15, 0.2) is 0 Å². The molecule has 0 aromatic rings. The Hall–Kier alpha value is 0.250. The summed E-state index contributed by atoms with van der Waals surface area (Å²) in [4.78, 5) is 0. The summed E-state index contributed by atoms with van der Waals surface area (Å²) in [5.41, 5.74) is -0.482. The van der Waals surface area contributed by atoms with E-state index >= 15 is 0 Å². The highest BCUT2D eigenvalue weighted by Gasteiger charge is 2.18. The molecule has 0 saturated heterocycles. The lowest BCUT2D eigenvalue weighted by Gasteiger charge is -2.22.